The highest BCUT2D eigenvalue weighted by atomic mass is 79.9. The minimum absolute atomic E-state index is 0.0846. The van der Waals surface area contributed by atoms with Gasteiger partial charge in [-0.15, -0.1) is 0 Å². The molecule has 128 valence electrons. The van der Waals surface area contributed by atoms with Crippen molar-refractivity contribution in [3.05, 3.63) is 61.6 Å². The van der Waals surface area contributed by atoms with Gasteiger partial charge in [0, 0.05) is 27.7 Å². The number of benzene rings is 2. The molecule has 0 aliphatic carbocycles. The van der Waals surface area contributed by atoms with E-state index in [1.807, 2.05) is 12.1 Å². The van der Waals surface area contributed by atoms with Crippen LogP contribution >= 0.6 is 15.9 Å². The first kappa shape index (κ1) is 16.0. The van der Waals surface area contributed by atoms with E-state index in [-0.39, 0.29) is 30.2 Å². The lowest BCUT2D eigenvalue weighted by atomic mass is 9.94. The average molecular weight is 406 g/mol. The number of non-ortho nitro benzene ring substituents is 1. The number of ether oxygens (including phenoxy) is 3. The van der Waals surface area contributed by atoms with Gasteiger partial charge in [-0.2, -0.15) is 0 Å². The number of fused-ring (bicyclic) bond motifs is 2. The molecule has 25 heavy (non-hydrogen) atoms. The Morgan fingerprint density at radius 3 is 2.88 bits per heavy atom. The van der Waals surface area contributed by atoms with Gasteiger partial charge in [0.25, 0.3) is 5.69 Å². The normalized spacial score (nSPS) is 18.6. The van der Waals surface area contributed by atoms with Crippen LogP contribution in [0.2, 0.25) is 0 Å². The van der Waals surface area contributed by atoms with Crippen LogP contribution in [-0.2, 0) is 11.3 Å². The second-order valence-corrected chi connectivity index (χ2v) is 6.68. The Balaban J connectivity index is 1.74. The monoisotopic (exact) mass is 405 g/mol. The summed E-state index contributed by atoms with van der Waals surface area (Å²) in [6.45, 7) is 0.566. The number of carbonyl (C=O) groups is 1. The zero-order valence-electron chi connectivity index (χ0n) is 12.9. The van der Waals surface area contributed by atoms with Crippen molar-refractivity contribution in [3.63, 3.8) is 0 Å². The molecule has 0 bridgehead atoms. The Bertz CT molecular complexity index is 897. The van der Waals surface area contributed by atoms with Gasteiger partial charge in [-0.1, -0.05) is 15.9 Å². The second-order valence-electron chi connectivity index (χ2n) is 5.77. The van der Waals surface area contributed by atoms with E-state index in [0.29, 0.717) is 18.1 Å². The molecule has 2 heterocycles. The first-order chi connectivity index (χ1) is 12.0. The number of nitro groups is 1. The highest BCUT2D eigenvalue weighted by Gasteiger charge is 2.32. The van der Waals surface area contributed by atoms with Gasteiger partial charge in [0.1, 0.15) is 17.6 Å². The molecule has 0 aromatic heterocycles. The molecule has 2 aromatic rings. The minimum Gasteiger partial charge on any atom is -0.484 e. The number of halogens is 1. The van der Waals surface area contributed by atoms with Gasteiger partial charge in [0.2, 0.25) is 0 Å². The summed E-state index contributed by atoms with van der Waals surface area (Å²) in [5.74, 6) is 0.806. The Morgan fingerprint density at radius 2 is 2.08 bits per heavy atom. The Kier molecular flexibility index (Phi) is 3.93. The number of carbonyl (C=O) groups excluding carboxylic acids is 1. The Labute approximate surface area is 150 Å². The molecule has 1 atom stereocenters. The molecule has 0 fully saturated rings. The van der Waals surface area contributed by atoms with Crippen LogP contribution in [0.25, 0.3) is 0 Å². The van der Waals surface area contributed by atoms with Gasteiger partial charge in [-0.05, 0) is 18.2 Å². The molecule has 2 aliphatic rings. The topological polar surface area (TPSA) is 87.9 Å². The molecule has 8 heteroatoms. The number of rotatable bonds is 2. The van der Waals surface area contributed by atoms with Crippen LogP contribution in [0.4, 0.5) is 5.69 Å². The fourth-order valence-corrected chi connectivity index (χ4v) is 3.57. The summed E-state index contributed by atoms with van der Waals surface area (Å²) in [6.07, 6.45) is -0.438. The highest BCUT2D eigenvalue weighted by molar-refractivity contribution is 9.10. The van der Waals surface area contributed by atoms with E-state index in [2.05, 4.69) is 15.9 Å². The van der Waals surface area contributed by atoms with Crippen LogP contribution in [0.3, 0.4) is 0 Å². The van der Waals surface area contributed by atoms with Crippen LogP contribution < -0.4 is 9.47 Å². The van der Waals surface area contributed by atoms with Crippen LogP contribution in [0.5, 0.6) is 11.5 Å². The van der Waals surface area contributed by atoms with Crippen molar-refractivity contribution in [2.45, 2.75) is 19.1 Å². The third-order valence-electron chi connectivity index (χ3n) is 4.16. The summed E-state index contributed by atoms with van der Waals surface area (Å²) in [4.78, 5) is 22.9. The third-order valence-corrected chi connectivity index (χ3v) is 4.62. The smallest absolute Gasteiger partial charge is 0.270 e. The van der Waals surface area contributed by atoms with Crippen molar-refractivity contribution in [1.82, 2.24) is 0 Å². The average Bonchev–Trinajstić information content (AvgIpc) is 2.60. The summed E-state index contributed by atoms with van der Waals surface area (Å²) >= 11 is 3.45. The molecule has 4 rings (SSSR count). The fourth-order valence-electron chi connectivity index (χ4n) is 3.05. The van der Waals surface area contributed by atoms with Crippen molar-refractivity contribution >= 4 is 27.4 Å². The molecular weight excluding hydrogens is 394 g/mol. The molecule has 0 spiro atoms. The third kappa shape index (κ3) is 2.87. The number of ketones is 1. The zero-order chi connectivity index (χ0) is 17.6. The summed E-state index contributed by atoms with van der Waals surface area (Å²) < 4.78 is 17.7. The van der Waals surface area contributed by atoms with Crippen molar-refractivity contribution in [3.8, 4) is 11.5 Å². The summed E-state index contributed by atoms with van der Waals surface area (Å²) in [5.41, 5.74) is 1.74. The molecule has 0 N–H and O–H groups in total. The van der Waals surface area contributed by atoms with Gasteiger partial charge < -0.3 is 14.2 Å². The first-order valence-electron chi connectivity index (χ1n) is 7.54. The SMILES string of the molecule is O=C1C[C@@H](c2cc(Br)cc3c2OCOC3)Oc2ccc([N+](=O)[O-])cc21. The van der Waals surface area contributed by atoms with Crippen molar-refractivity contribution < 1.29 is 23.9 Å². The maximum absolute atomic E-state index is 12.5. The van der Waals surface area contributed by atoms with Crippen molar-refractivity contribution in [2.75, 3.05) is 6.79 Å². The molecule has 0 saturated heterocycles. The predicted molar refractivity (Wildman–Crippen MR) is 89.8 cm³/mol. The van der Waals surface area contributed by atoms with Crippen molar-refractivity contribution in [1.29, 1.82) is 0 Å². The van der Waals surface area contributed by atoms with Crippen LogP contribution in [0.15, 0.2) is 34.8 Å². The predicted octanol–water partition coefficient (Wildman–Crippen LogP) is 3.93. The standard InChI is InChI=1S/C17H12BrNO6/c18-10-3-9-7-23-8-24-17(9)13(4-10)16-6-14(20)12-5-11(19(21)22)1-2-15(12)25-16/h1-5,16H,6-8H2/t16-/m0/s1. The summed E-state index contributed by atoms with van der Waals surface area (Å²) in [7, 11) is 0. The van der Waals surface area contributed by atoms with E-state index in [1.54, 1.807) is 0 Å². The number of nitro benzene ring substituents is 1. The van der Waals surface area contributed by atoms with Crippen LogP contribution in [0.1, 0.15) is 34.0 Å². The molecule has 2 aromatic carbocycles. The number of hydrogen-bond donors (Lipinski definition) is 0. The van der Waals surface area contributed by atoms with Gasteiger partial charge in [0.15, 0.2) is 12.6 Å². The maximum atomic E-state index is 12.5. The van der Waals surface area contributed by atoms with Gasteiger partial charge >= 0.3 is 0 Å². The van der Waals surface area contributed by atoms with E-state index in [0.717, 1.165) is 15.6 Å². The van der Waals surface area contributed by atoms with Crippen LogP contribution in [-0.4, -0.2) is 17.5 Å². The van der Waals surface area contributed by atoms with E-state index < -0.39 is 11.0 Å². The lowest BCUT2D eigenvalue weighted by Gasteiger charge is -2.29. The first-order valence-corrected chi connectivity index (χ1v) is 8.33. The second kappa shape index (κ2) is 6.12. The van der Waals surface area contributed by atoms with E-state index in [4.69, 9.17) is 14.2 Å². The van der Waals surface area contributed by atoms with E-state index in [1.165, 1.54) is 18.2 Å². The highest BCUT2D eigenvalue weighted by Crippen LogP contribution is 2.42. The number of hydrogen-bond acceptors (Lipinski definition) is 6. The summed E-state index contributed by atoms with van der Waals surface area (Å²) in [6, 6.07) is 7.81. The van der Waals surface area contributed by atoms with Gasteiger partial charge in [0.05, 0.1) is 23.5 Å². The van der Waals surface area contributed by atoms with E-state index in [9.17, 15) is 14.9 Å². The summed E-state index contributed by atoms with van der Waals surface area (Å²) in [5, 5.41) is 10.9. The van der Waals surface area contributed by atoms with Crippen molar-refractivity contribution in [2.24, 2.45) is 0 Å². The number of Topliss-reactive ketones (excluding diaryl/α,β-unsaturated/α-hetero) is 1. The lowest BCUT2D eigenvalue weighted by Crippen LogP contribution is -2.23. The van der Waals surface area contributed by atoms with E-state index >= 15 is 0 Å². The molecule has 7 nitrogen and oxygen atoms in total. The molecule has 0 radical (unpaired) electrons. The molecule has 0 unspecified atom stereocenters. The quantitative estimate of drug-likeness (QED) is 0.555. The van der Waals surface area contributed by atoms with Gasteiger partial charge in [-0.3, -0.25) is 14.9 Å². The molecule has 0 amide bonds. The largest absolute Gasteiger partial charge is 0.484 e. The lowest BCUT2D eigenvalue weighted by molar-refractivity contribution is -0.384. The maximum Gasteiger partial charge on any atom is 0.270 e. The molecule has 0 saturated carbocycles. The Hall–Kier alpha value is -2.45. The van der Waals surface area contributed by atoms with Gasteiger partial charge in [-0.25, -0.2) is 0 Å². The zero-order valence-corrected chi connectivity index (χ0v) is 14.4. The molecular formula is C17H12BrNO6. The minimum atomic E-state index is -0.530. The number of nitrogens with zero attached hydrogens (tertiary/aromatic N) is 1. The van der Waals surface area contributed by atoms with Crippen LogP contribution in [0, 0.1) is 10.1 Å². The molecule has 2 aliphatic heterocycles. The fraction of sp³-hybridized carbons (Fsp3) is 0.235. The Morgan fingerprint density at radius 1 is 1.24 bits per heavy atom.